The lowest BCUT2D eigenvalue weighted by Gasteiger charge is -2.11. The zero-order chi connectivity index (χ0) is 16.4. The molecule has 0 saturated heterocycles. The van der Waals surface area contributed by atoms with Crippen LogP contribution in [0.1, 0.15) is 11.1 Å². The second-order valence-electron chi connectivity index (χ2n) is 5.29. The van der Waals surface area contributed by atoms with Crippen molar-refractivity contribution in [2.24, 2.45) is 0 Å². The van der Waals surface area contributed by atoms with Crippen molar-refractivity contribution in [1.82, 2.24) is 4.98 Å². The predicted octanol–water partition coefficient (Wildman–Crippen LogP) is 4.23. The first-order valence-corrected chi connectivity index (χ1v) is 9.42. The van der Waals surface area contributed by atoms with Gasteiger partial charge in [0.25, 0.3) is 10.0 Å². The van der Waals surface area contributed by atoms with Gasteiger partial charge in [-0.3, -0.25) is 4.72 Å². The minimum Gasteiger partial charge on any atom is -0.278 e. The Balaban J connectivity index is 1.96. The third-order valence-electron chi connectivity index (χ3n) is 3.45. The Morgan fingerprint density at radius 3 is 2.57 bits per heavy atom. The number of nitrogens with one attached hydrogen (secondary N) is 1. The van der Waals surface area contributed by atoms with Crippen molar-refractivity contribution in [1.29, 1.82) is 0 Å². The summed E-state index contributed by atoms with van der Waals surface area (Å²) in [6.07, 6.45) is 1.55. The van der Waals surface area contributed by atoms with E-state index in [0.29, 0.717) is 5.69 Å². The first kappa shape index (κ1) is 15.7. The Kier molecular flexibility index (Phi) is 4.19. The molecule has 6 heteroatoms. The van der Waals surface area contributed by atoms with E-state index < -0.39 is 10.0 Å². The van der Waals surface area contributed by atoms with Crippen LogP contribution in [-0.4, -0.2) is 13.4 Å². The molecule has 0 aliphatic rings. The van der Waals surface area contributed by atoms with Crippen LogP contribution in [0.3, 0.4) is 0 Å². The van der Waals surface area contributed by atoms with Gasteiger partial charge in [-0.2, -0.15) is 8.42 Å². The number of thiophene rings is 1. The zero-order valence-electron chi connectivity index (χ0n) is 12.8. The fraction of sp³-hybridized carbons (Fsp3) is 0.118. The molecule has 0 radical (unpaired) electrons. The molecule has 3 aromatic rings. The highest BCUT2D eigenvalue weighted by Crippen LogP contribution is 2.29. The van der Waals surface area contributed by atoms with E-state index in [-0.39, 0.29) is 5.03 Å². The van der Waals surface area contributed by atoms with Crippen molar-refractivity contribution < 1.29 is 8.42 Å². The molecule has 0 saturated carbocycles. The average molecular weight is 344 g/mol. The molecule has 0 bridgehead atoms. The van der Waals surface area contributed by atoms with Crippen molar-refractivity contribution in [3.63, 3.8) is 0 Å². The van der Waals surface area contributed by atoms with Gasteiger partial charge in [-0.05, 0) is 54.1 Å². The average Bonchev–Trinajstić information content (AvgIpc) is 3.04. The van der Waals surface area contributed by atoms with Crippen LogP contribution in [0, 0.1) is 13.8 Å². The number of anilines is 1. The van der Waals surface area contributed by atoms with E-state index in [2.05, 4.69) is 9.71 Å². The van der Waals surface area contributed by atoms with Crippen molar-refractivity contribution >= 4 is 27.0 Å². The number of pyridine rings is 1. The number of benzene rings is 1. The molecule has 3 rings (SSSR count). The van der Waals surface area contributed by atoms with Crippen LogP contribution in [0.25, 0.3) is 10.4 Å². The first-order chi connectivity index (χ1) is 11.0. The lowest BCUT2D eigenvalue weighted by Crippen LogP contribution is -2.15. The second kappa shape index (κ2) is 6.14. The molecule has 0 amide bonds. The minimum atomic E-state index is -3.70. The normalized spacial score (nSPS) is 11.4. The maximum absolute atomic E-state index is 12.5. The summed E-state index contributed by atoms with van der Waals surface area (Å²) < 4.78 is 27.6. The standard InChI is InChI=1S/C17H16N2O2S2/c1-12-5-8-17(18-11-12)23(20,21)19-15-10-14(7-6-13(15)2)16-4-3-9-22-16/h3-11,19H,1-2H3. The monoisotopic (exact) mass is 344 g/mol. The van der Waals surface area contributed by atoms with Gasteiger partial charge in [-0.1, -0.05) is 24.3 Å². The fourth-order valence-corrected chi connectivity index (χ4v) is 3.91. The van der Waals surface area contributed by atoms with Crippen LogP contribution in [0.5, 0.6) is 0 Å². The molecule has 1 aromatic carbocycles. The Labute approximate surface area is 139 Å². The van der Waals surface area contributed by atoms with Crippen molar-refractivity contribution in [2.45, 2.75) is 18.9 Å². The van der Waals surface area contributed by atoms with Gasteiger partial charge in [-0.15, -0.1) is 11.3 Å². The van der Waals surface area contributed by atoms with Gasteiger partial charge in [0, 0.05) is 11.1 Å². The number of aryl methyl sites for hydroxylation is 2. The van der Waals surface area contributed by atoms with Gasteiger partial charge in [0.15, 0.2) is 5.03 Å². The summed E-state index contributed by atoms with van der Waals surface area (Å²) in [6, 6.07) is 13.0. The van der Waals surface area contributed by atoms with Crippen LogP contribution in [0.4, 0.5) is 5.69 Å². The summed E-state index contributed by atoms with van der Waals surface area (Å²) in [4.78, 5) is 5.10. The molecule has 0 aliphatic carbocycles. The number of hydrogen-bond donors (Lipinski definition) is 1. The van der Waals surface area contributed by atoms with E-state index in [0.717, 1.165) is 21.6 Å². The molecular formula is C17H16N2O2S2. The lowest BCUT2D eigenvalue weighted by atomic mass is 10.1. The van der Waals surface area contributed by atoms with Crippen LogP contribution in [0.2, 0.25) is 0 Å². The molecule has 0 atom stereocenters. The molecular weight excluding hydrogens is 328 g/mol. The van der Waals surface area contributed by atoms with Crippen LogP contribution >= 0.6 is 11.3 Å². The molecule has 118 valence electrons. The summed E-state index contributed by atoms with van der Waals surface area (Å²) in [5.41, 5.74) is 3.33. The quantitative estimate of drug-likeness (QED) is 0.770. The number of hydrogen-bond acceptors (Lipinski definition) is 4. The molecule has 23 heavy (non-hydrogen) atoms. The topological polar surface area (TPSA) is 59.1 Å². The van der Waals surface area contributed by atoms with Gasteiger partial charge in [0.1, 0.15) is 0 Å². The van der Waals surface area contributed by atoms with E-state index in [1.54, 1.807) is 23.6 Å². The SMILES string of the molecule is Cc1ccc(S(=O)(=O)Nc2cc(-c3cccs3)ccc2C)nc1. The highest BCUT2D eigenvalue weighted by atomic mass is 32.2. The maximum atomic E-state index is 12.5. The molecule has 0 fully saturated rings. The first-order valence-electron chi connectivity index (χ1n) is 7.06. The predicted molar refractivity (Wildman–Crippen MR) is 94.3 cm³/mol. The molecule has 2 heterocycles. The number of rotatable bonds is 4. The van der Waals surface area contributed by atoms with E-state index in [4.69, 9.17) is 0 Å². The van der Waals surface area contributed by atoms with Crippen LogP contribution in [-0.2, 0) is 10.0 Å². The van der Waals surface area contributed by atoms with Crippen LogP contribution < -0.4 is 4.72 Å². The van der Waals surface area contributed by atoms with Gasteiger partial charge in [-0.25, -0.2) is 4.98 Å². The highest BCUT2D eigenvalue weighted by molar-refractivity contribution is 7.92. The van der Waals surface area contributed by atoms with Crippen LogP contribution in [0.15, 0.2) is 59.1 Å². The second-order valence-corrected chi connectivity index (χ2v) is 7.86. The van der Waals surface area contributed by atoms with E-state index >= 15 is 0 Å². The third-order valence-corrected chi connectivity index (χ3v) is 5.65. The Morgan fingerprint density at radius 2 is 1.91 bits per heavy atom. The van der Waals surface area contributed by atoms with Crippen molar-refractivity contribution in [3.05, 3.63) is 65.2 Å². The van der Waals surface area contributed by atoms with E-state index in [1.807, 2.05) is 49.6 Å². The lowest BCUT2D eigenvalue weighted by molar-refractivity contribution is 0.597. The number of sulfonamides is 1. The summed E-state index contributed by atoms with van der Waals surface area (Å²) in [7, 11) is -3.70. The van der Waals surface area contributed by atoms with Gasteiger partial charge >= 0.3 is 0 Å². The van der Waals surface area contributed by atoms with Crippen molar-refractivity contribution in [3.8, 4) is 10.4 Å². The summed E-state index contributed by atoms with van der Waals surface area (Å²) in [5.74, 6) is 0. The van der Waals surface area contributed by atoms with Gasteiger partial charge in [0.05, 0.1) is 5.69 Å². The summed E-state index contributed by atoms with van der Waals surface area (Å²) >= 11 is 1.62. The Hall–Kier alpha value is -2.18. The summed E-state index contributed by atoms with van der Waals surface area (Å²) in [5, 5.41) is 2.01. The van der Waals surface area contributed by atoms with E-state index in [1.165, 1.54) is 6.07 Å². The third kappa shape index (κ3) is 3.43. The smallest absolute Gasteiger partial charge is 0.278 e. The molecule has 0 spiro atoms. The van der Waals surface area contributed by atoms with Gasteiger partial charge in [0.2, 0.25) is 0 Å². The van der Waals surface area contributed by atoms with Crippen molar-refractivity contribution in [2.75, 3.05) is 4.72 Å². The molecule has 1 N–H and O–H groups in total. The molecule has 0 aliphatic heterocycles. The zero-order valence-corrected chi connectivity index (χ0v) is 14.4. The minimum absolute atomic E-state index is 0.0176. The maximum Gasteiger partial charge on any atom is 0.279 e. The molecule has 2 aromatic heterocycles. The molecule has 0 unspecified atom stereocenters. The Morgan fingerprint density at radius 1 is 1.09 bits per heavy atom. The molecule has 4 nitrogen and oxygen atoms in total. The van der Waals surface area contributed by atoms with Gasteiger partial charge < -0.3 is 0 Å². The Bertz CT molecular complexity index is 916. The fourth-order valence-electron chi connectivity index (χ4n) is 2.14. The highest BCUT2D eigenvalue weighted by Gasteiger charge is 2.17. The largest absolute Gasteiger partial charge is 0.279 e. The number of aromatic nitrogens is 1. The van der Waals surface area contributed by atoms with E-state index in [9.17, 15) is 8.42 Å². The summed E-state index contributed by atoms with van der Waals surface area (Å²) in [6.45, 7) is 3.74. The number of nitrogens with zero attached hydrogens (tertiary/aromatic N) is 1.